The first-order valence-electron chi connectivity index (χ1n) is 5.67. The van der Waals surface area contributed by atoms with Crippen LogP contribution in [-0.4, -0.2) is 12.5 Å². The lowest BCUT2D eigenvalue weighted by molar-refractivity contribution is -0.0493. The molecule has 6 heteroatoms. The molecule has 0 aliphatic heterocycles. The molecule has 104 valence electrons. The topological polar surface area (TPSA) is 38.3 Å². The van der Waals surface area contributed by atoms with Crippen LogP contribution < -0.4 is 10.1 Å². The number of anilines is 1. The van der Waals surface area contributed by atoms with Gasteiger partial charge < -0.3 is 10.1 Å². The number of amides is 1. The van der Waals surface area contributed by atoms with Crippen LogP contribution in [0.3, 0.4) is 0 Å². The number of para-hydroxylation sites is 2. The largest absolute Gasteiger partial charge is 0.433 e. The summed E-state index contributed by atoms with van der Waals surface area (Å²) in [7, 11) is 0. The van der Waals surface area contributed by atoms with Crippen molar-refractivity contribution in [1.82, 2.24) is 0 Å². The van der Waals surface area contributed by atoms with Crippen LogP contribution in [0.2, 0.25) is 0 Å². The summed E-state index contributed by atoms with van der Waals surface area (Å²) in [5.41, 5.74) is 0.612. The number of carbonyl (C=O) groups excluding carboxylic acids is 1. The molecule has 0 spiro atoms. The Morgan fingerprint density at radius 2 is 1.75 bits per heavy atom. The van der Waals surface area contributed by atoms with Gasteiger partial charge >= 0.3 is 6.61 Å². The minimum Gasteiger partial charge on any atom is -0.433 e. The molecule has 0 aliphatic carbocycles. The van der Waals surface area contributed by atoms with Gasteiger partial charge in [0.2, 0.25) is 0 Å². The van der Waals surface area contributed by atoms with E-state index in [-0.39, 0.29) is 11.4 Å². The van der Waals surface area contributed by atoms with Crippen molar-refractivity contribution in [2.75, 3.05) is 5.32 Å². The summed E-state index contributed by atoms with van der Waals surface area (Å²) in [6.45, 7) is -2.94. The van der Waals surface area contributed by atoms with Gasteiger partial charge in [-0.1, -0.05) is 28.1 Å². The highest BCUT2D eigenvalue weighted by molar-refractivity contribution is 9.10. The zero-order chi connectivity index (χ0) is 14.5. The van der Waals surface area contributed by atoms with E-state index >= 15 is 0 Å². The van der Waals surface area contributed by atoms with Gasteiger partial charge in [0.1, 0.15) is 5.75 Å². The summed E-state index contributed by atoms with van der Waals surface area (Å²) in [5, 5.41) is 2.54. The Balaban J connectivity index is 2.17. The Labute approximate surface area is 122 Å². The number of hydrogen-bond acceptors (Lipinski definition) is 2. The normalized spacial score (nSPS) is 10.4. The molecule has 1 N–H and O–H groups in total. The number of benzene rings is 2. The summed E-state index contributed by atoms with van der Waals surface area (Å²) in [6, 6.07) is 12.7. The fourth-order valence-corrected chi connectivity index (χ4v) is 1.83. The van der Waals surface area contributed by atoms with E-state index in [0.29, 0.717) is 5.56 Å². The van der Waals surface area contributed by atoms with Gasteiger partial charge in [0.15, 0.2) is 0 Å². The highest BCUT2D eigenvalue weighted by atomic mass is 79.9. The second kappa shape index (κ2) is 6.47. The Bertz CT molecular complexity index is 602. The van der Waals surface area contributed by atoms with Gasteiger partial charge in [-0.3, -0.25) is 4.79 Å². The van der Waals surface area contributed by atoms with Crippen LogP contribution in [0.25, 0.3) is 0 Å². The van der Waals surface area contributed by atoms with E-state index in [2.05, 4.69) is 26.0 Å². The van der Waals surface area contributed by atoms with E-state index in [9.17, 15) is 13.6 Å². The van der Waals surface area contributed by atoms with E-state index < -0.39 is 12.5 Å². The predicted octanol–water partition coefficient (Wildman–Crippen LogP) is 4.30. The van der Waals surface area contributed by atoms with Gasteiger partial charge in [-0.25, -0.2) is 0 Å². The third-order valence-corrected chi connectivity index (χ3v) is 2.99. The molecule has 0 aromatic heterocycles. The van der Waals surface area contributed by atoms with Gasteiger partial charge in [-0.2, -0.15) is 8.78 Å². The third-order valence-electron chi connectivity index (χ3n) is 2.46. The second-order valence-corrected chi connectivity index (χ2v) is 4.75. The maximum atomic E-state index is 12.3. The lowest BCUT2D eigenvalue weighted by Gasteiger charge is -2.11. The molecule has 2 aromatic carbocycles. The maximum Gasteiger partial charge on any atom is 0.387 e. The smallest absolute Gasteiger partial charge is 0.387 e. The Hall–Kier alpha value is -1.95. The first kappa shape index (κ1) is 14.5. The molecule has 2 rings (SSSR count). The van der Waals surface area contributed by atoms with Crippen molar-refractivity contribution in [2.45, 2.75) is 6.61 Å². The average molecular weight is 342 g/mol. The van der Waals surface area contributed by atoms with E-state index in [1.54, 1.807) is 36.4 Å². The van der Waals surface area contributed by atoms with Gasteiger partial charge in [-0.15, -0.1) is 0 Å². The number of carbonyl (C=O) groups is 1. The lowest BCUT2D eigenvalue weighted by atomic mass is 10.2. The SMILES string of the molecule is O=C(Nc1ccccc1OC(F)F)c1ccc(Br)cc1. The summed E-state index contributed by atoms with van der Waals surface area (Å²) in [4.78, 5) is 12.0. The zero-order valence-corrected chi connectivity index (χ0v) is 11.7. The number of nitrogens with one attached hydrogen (secondary N) is 1. The van der Waals surface area contributed by atoms with Gasteiger partial charge in [-0.05, 0) is 36.4 Å². The molecule has 0 radical (unpaired) electrons. The molecule has 0 atom stereocenters. The highest BCUT2D eigenvalue weighted by Crippen LogP contribution is 2.26. The number of rotatable bonds is 4. The first-order valence-corrected chi connectivity index (χ1v) is 6.46. The van der Waals surface area contributed by atoms with Crippen LogP contribution in [0.4, 0.5) is 14.5 Å². The minimum atomic E-state index is -2.94. The zero-order valence-electron chi connectivity index (χ0n) is 10.1. The maximum absolute atomic E-state index is 12.3. The number of halogens is 3. The average Bonchev–Trinajstić information content (AvgIpc) is 2.41. The molecule has 0 aliphatic rings. The molecular formula is C14H10BrF2NO2. The second-order valence-electron chi connectivity index (χ2n) is 3.84. The standard InChI is InChI=1S/C14H10BrF2NO2/c15-10-7-5-9(6-8-10)13(19)18-11-3-1-2-4-12(11)20-14(16)17/h1-8,14H,(H,18,19). The molecule has 0 saturated heterocycles. The summed E-state index contributed by atoms with van der Waals surface area (Å²) >= 11 is 3.27. The summed E-state index contributed by atoms with van der Waals surface area (Å²) in [5.74, 6) is -0.476. The van der Waals surface area contributed by atoms with Crippen molar-refractivity contribution in [3.05, 3.63) is 58.6 Å². The van der Waals surface area contributed by atoms with Crippen LogP contribution in [0, 0.1) is 0 Å². The molecule has 0 unspecified atom stereocenters. The molecule has 20 heavy (non-hydrogen) atoms. The summed E-state index contributed by atoms with van der Waals surface area (Å²) in [6.07, 6.45) is 0. The van der Waals surface area contributed by atoms with Crippen molar-refractivity contribution in [1.29, 1.82) is 0 Å². The van der Waals surface area contributed by atoms with Crippen molar-refractivity contribution in [3.63, 3.8) is 0 Å². The highest BCUT2D eigenvalue weighted by Gasteiger charge is 2.12. The summed E-state index contributed by atoms with van der Waals surface area (Å²) < 4.78 is 29.7. The van der Waals surface area contributed by atoms with E-state index in [0.717, 1.165) is 4.47 Å². The molecule has 1 amide bonds. The monoisotopic (exact) mass is 341 g/mol. The number of alkyl halides is 2. The van der Waals surface area contributed by atoms with E-state index in [4.69, 9.17) is 0 Å². The molecular weight excluding hydrogens is 332 g/mol. The van der Waals surface area contributed by atoms with E-state index in [1.807, 2.05) is 0 Å². The predicted molar refractivity (Wildman–Crippen MR) is 75.2 cm³/mol. The van der Waals surface area contributed by atoms with Gasteiger partial charge in [0.05, 0.1) is 5.69 Å². The quantitative estimate of drug-likeness (QED) is 0.900. The van der Waals surface area contributed by atoms with Gasteiger partial charge in [0, 0.05) is 10.0 Å². The molecule has 2 aromatic rings. The lowest BCUT2D eigenvalue weighted by Crippen LogP contribution is -2.13. The fourth-order valence-electron chi connectivity index (χ4n) is 1.56. The van der Waals surface area contributed by atoms with Crippen molar-refractivity contribution < 1.29 is 18.3 Å². The Morgan fingerprint density at radius 1 is 1.10 bits per heavy atom. The van der Waals surface area contributed by atoms with Crippen LogP contribution in [0.5, 0.6) is 5.75 Å². The molecule has 3 nitrogen and oxygen atoms in total. The first-order chi connectivity index (χ1) is 9.56. The van der Waals surface area contributed by atoms with Crippen molar-refractivity contribution in [3.8, 4) is 5.75 Å². The number of hydrogen-bond donors (Lipinski definition) is 1. The molecule has 0 fully saturated rings. The van der Waals surface area contributed by atoms with Crippen LogP contribution in [0.15, 0.2) is 53.0 Å². The van der Waals surface area contributed by atoms with Crippen molar-refractivity contribution in [2.24, 2.45) is 0 Å². The fraction of sp³-hybridized carbons (Fsp3) is 0.0714. The Kier molecular flexibility index (Phi) is 4.68. The molecule has 0 bridgehead atoms. The van der Waals surface area contributed by atoms with Crippen LogP contribution in [0.1, 0.15) is 10.4 Å². The van der Waals surface area contributed by atoms with Crippen LogP contribution in [-0.2, 0) is 0 Å². The third kappa shape index (κ3) is 3.77. The molecule has 0 heterocycles. The van der Waals surface area contributed by atoms with Crippen LogP contribution >= 0.6 is 15.9 Å². The number of ether oxygens (including phenoxy) is 1. The Morgan fingerprint density at radius 3 is 2.40 bits per heavy atom. The minimum absolute atomic E-state index is 0.0760. The van der Waals surface area contributed by atoms with E-state index in [1.165, 1.54) is 12.1 Å². The van der Waals surface area contributed by atoms with Crippen molar-refractivity contribution >= 4 is 27.5 Å². The molecule has 0 saturated carbocycles. The van der Waals surface area contributed by atoms with Gasteiger partial charge in [0.25, 0.3) is 5.91 Å².